The Labute approximate surface area is 182 Å². The lowest BCUT2D eigenvalue weighted by molar-refractivity contribution is -0.122. The van der Waals surface area contributed by atoms with Gasteiger partial charge >= 0.3 is 0 Å². The predicted octanol–water partition coefficient (Wildman–Crippen LogP) is 4.66. The number of rotatable bonds is 5. The van der Waals surface area contributed by atoms with E-state index in [-0.39, 0.29) is 42.7 Å². The van der Waals surface area contributed by atoms with Crippen LogP contribution in [0.4, 0.5) is 5.69 Å². The number of carbonyl (C=O) groups is 1. The number of amides is 1. The van der Waals surface area contributed by atoms with E-state index < -0.39 is 0 Å². The molecule has 1 aromatic heterocycles. The van der Waals surface area contributed by atoms with Crippen LogP contribution in [0.1, 0.15) is 37.8 Å². The second-order valence-corrected chi connectivity index (χ2v) is 8.17. The van der Waals surface area contributed by atoms with Crippen LogP contribution in [0.5, 0.6) is 5.75 Å². The average molecular weight is 444 g/mol. The largest absolute Gasteiger partial charge is 0.485 e. The summed E-state index contributed by atoms with van der Waals surface area (Å²) in [4.78, 5) is 17.1. The van der Waals surface area contributed by atoms with E-state index in [0.29, 0.717) is 24.2 Å². The van der Waals surface area contributed by atoms with Crippen molar-refractivity contribution in [3.8, 4) is 5.75 Å². The molecular weight excluding hydrogens is 417 g/mol. The molecular formula is C20H27Cl2N3O2S. The first-order valence-corrected chi connectivity index (χ1v) is 10.3. The third-order valence-corrected chi connectivity index (χ3v) is 6.42. The van der Waals surface area contributed by atoms with Gasteiger partial charge in [0.05, 0.1) is 16.9 Å². The zero-order valence-electron chi connectivity index (χ0n) is 15.6. The van der Waals surface area contributed by atoms with Crippen LogP contribution < -0.4 is 15.8 Å². The molecule has 154 valence electrons. The molecule has 2 atom stereocenters. The number of nitrogens with one attached hydrogen (secondary N) is 1. The molecule has 2 saturated carbocycles. The van der Waals surface area contributed by atoms with Gasteiger partial charge in [0.2, 0.25) is 5.91 Å². The minimum Gasteiger partial charge on any atom is -0.485 e. The van der Waals surface area contributed by atoms with Crippen LogP contribution in [0.15, 0.2) is 35.2 Å². The summed E-state index contributed by atoms with van der Waals surface area (Å²) in [6, 6.07) is 7.88. The quantitative estimate of drug-likeness (QED) is 0.704. The van der Waals surface area contributed by atoms with Crippen LogP contribution in [0.2, 0.25) is 0 Å². The molecule has 28 heavy (non-hydrogen) atoms. The van der Waals surface area contributed by atoms with Gasteiger partial charge in [0.1, 0.15) is 12.4 Å². The molecule has 2 aliphatic carbocycles. The number of thiazole rings is 1. The van der Waals surface area contributed by atoms with Crippen molar-refractivity contribution in [2.75, 3.05) is 5.32 Å². The van der Waals surface area contributed by atoms with E-state index in [4.69, 9.17) is 10.5 Å². The lowest BCUT2D eigenvalue weighted by Gasteiger charge is -2.43. The molecule has 0 saturated heterocycles. The Kier molecular flexibility index (Phi) is 8.56. The molecule has 0 radical (unpaired) electrons. The summed E-state index contributed by atoms with van der Waals surface area (Å²) in [5.41, 5.74) is 9.76. The maximum atomic E-state index is 12.9. The van der Waals surface area contributed by atoms with Gasteiger partial charge in [-0.25, -0.2) is 4.98 Å². The average Bonchev–Trinajstić information content (AvgIpc) is 3.14. The van der Waals surface area contributed by atoms with Gasteiger partial charge in [0, 0.05) is 17.3 Å². The van der Waals surface area contributed by atoms with Crippen LogP contribution in [-0.2, 0) is 11.4 Å². The highest BCUT2D eigenvalue weighted by molar-refractivity contribution is 7.07. The highest BCUT2D eigenvalue weighted by Gasteiger charge is 2.40. The predicted molar refractivity (Wildman–Crippen MR) is 118 cm³/mol. The SMILES string of the molecule is Cl.Cl.NC1C2CCCC1CC(C(=O)Nc1ccccc1OCc1cscn1)C2. The minimum absolute atomic E-state index is 0. The maximum absolute atomic E-state index is 12.9. The Hall–Kier alpha value is -1.34. The number of benzene rings is 1. The van der Waals surface area contributed by atoms with E-state index in [1.807, 2.05) is 29.6 Å². The normalized spacial score (nSPS) is 25.8. The second kappa shape index (κ2) is 10.4. The van der Waals surface area contributed by atoms with Crippen LogP contribution in [0, 0.1) is 17.8 Å². The number of ether oxygens (including phenoxy) is 1. The number of para-hydroxylation sites is 2. The Morgan fingerprint density at radius 1 is 1.21 bits per heavy atom. The van der Waals surface area contributed by atoms with Crippen molar-refractivity contribution < 1.29 is 9.53 Å². The smallest absolute Gasteiger partial charge is 0.227 e. The van der Waals surface area contributed by atoms with Crippen LogP contribution >= 0.6 is 36.2 Å². The number of aromatic nitrogens is 1. The van der Waals surface area contributed by atoms with Gasteiger partial charge in [-0.05, 0) is 49.7 Å². The summed E-state index contributed by atoms with van der Waals surface area (Å²) in [5.74, 6) is 1.82. The molecule has 4 rings (SSSR count). The van der Waals surface area contributed by atoms with Gasteiger partial charge in [-0.15, -0.1) is 36.2 Å². The topological polar surface area (TPSA) is 77.2 Å². The van der Waals surface area contributed by atoms with E-state index in [9.17, 15) is 4.79 Å². The molecule has 1 heterocycles. The van der Waals surface area contributed by atoms with Crippen molar-refractivity contribution in [1.82, 2.24) is 4.98 Å². The zero-order chi connectivity index (χ0) is 17.9. The summed E-state index contributed by atoms with van der Waals surface area (Å²) in [5, 5.41) is 5.06. The molecule has 5 nitrogen and oxygen atoms in total. The van der Waals surface area contributed by atoms with Crippen LogP contribution in [0.3, 0.4) is 0 Å². The maximum Gasteiger partial charge on any atom is 0.227 e. The number of fused-ring (bicyclic) bond motifs is 2. The van der Waals surface area contributed by atoms with Crippen molar-refractivity contribution >= 4 is 47.7 Å². The fourth-order valence-corrected chi connectivity index (χ4v) is 4.94. The van der Waals surface area contributed by atoms with Gasteiger partial charge in [-0.3, -0.25) is 4.79 Å². The lowest BCUT2D eigenvalue weighted by atomic mass is 9.65. The summed E-state index contributed by atoms with van der Waals surface area (Å²) in [7, 11) is 0. The lowest BCUT2D eigenvalue weighted by Crippen LogP contribution is -2.48. The molecule has 2 unspecified atom stereocenters. The Morgan fingerprint density at radius 3 is 2.61 bits per heavy atom. The van der Waals surface area contributed by atoms with Gasteiger partial charge in [-0.1, -0.05) is 18.6 Å². The molecule has 0 aliphatic heterocycles. The summed E-state index contributed by atoms with van der Waals surface area (Å²) < 4.78 is 5.87. The fourth-order valence-electron chi connectivity index (χ4n) is 4.39. The Morgan fingerprint density at radius 2 is 1.93 bits per heavy atom. The van der Waals surface area contributed by atoms with E-state index in [0.717, 1.165) is 37.1 Å². The number of halogens is 2. The molecule has 0 spiro atoms. The van der Waals surface area contributed by atoms with E-state index in [1.165, 1.54) is 6.42 Å². The van der Waals surface area contributed by atoms with Gasteiger partial charge in [0.25, 0.3) is 0 Å². The van der Waals surface area contributed by atoms with Crippen molar-refractivity contribution in [1.29, 1.82) is 0 Å². The highest BCUT2D eigenvalue weighted by atomic mass is 35.5. The van der Waals surface area contributed by atoms with Gasteiger partial charge in [-0.2, -0.15) is 0 Å². The molecule has 3 N–H and O–H groups in total. The number of hydrogen-bond acceptors (Lipinski definition) is 5. The zero-order valence-corrected chi connectivity index (χ0v) is 18.0. The summed E-state index contributed by atoms with van der Waals surface area (Å²) >= 11 is 1.55. The summed E-state index contributed by atoms with van der Waals surface area (Å²) in [6.07, 6.45) is 5.39. The highest BCUT2D eigenvalue weighted by Crippen LogP contribution is 2.42. The molecule has 2 bridgehead atoms. The summed E-state index contributed by atoms with van der Waals surface area (Å²) in [6.45, 7) is 0.402. The van der Waals surface area contributed by atoms with Crippen molar-refractivity contribution in [2.24, 2.45) is 23.5 Å². The van der Waals surface area contributed by atoms with Gasteiger partial charge in [0.15, 0.2) is 0 Å². The van der Waals surface area contributed by atoms with Gasteiger partial charge < -0.3 is 15.8 Å². The first-order valence-electron chi connectivity index (χ1n) is 9.36. The van der Waals surface area contributed by atoms with Crippen LogP contribution in [-0.4, -0.2) is 16.9 Å². The number of nitrogens with zero attached hydrogens (tertiary/aromatic N) is 1. The fraction of sp³-hybridized carbons (Fsp3) is 0.500. The Balaban J connectivity index is 0.00000140. The number of anilines is 1. The van der Waals surface area contributed by atoms with Crippen molar-refractivity contribution in [3.63, 3.8) is 0 Å². The molecule has 8 heteroatoms. The second-order valence-electron chi connectivity index (χ2n) is 7.45. The number of hydrogen-bond donors (Lipinski definition) is 2. The third-order valence-electron chi connectivity index (χ3n) is 5.79. The first kappa shape index (κ1) is 22.9. The standard InChI is InChI=1S/C20H25N3O2S.2ClH/c21-19-13-4-3-5-14(19)9-15(8-13)20(24)23-17-6-1-2-7-18(17)25-10-16-11-26-12-22-16;;/h1-2,6-7,11-15,19H,3-5,8-10,21H2,(H,23,24);2*1H. The van der Waals surface area contributed by atoms with Crippen LogP contribution in [0.25, 0.3) is 0 Å². The van der Waals surface area contributed by atoms with E-state index in [1.54, 1.807) is 16.8 Å². The third kappa shape index (κ3) is 5.17. The Bertz CT molecular complexity index is 746. The molecule has 1 aromatic carbocycles. The monoisotopic (exact) mass is 443 g/mol. The van der Waals surface area contributed by atoms with E-state index in [2.05, 4.69) is 10.3 Å². The molecule has 2 aromatic rings. The first-order chi connectivity index (χ1) is 12.7. The minimum atomic E-state index is 0. The molecule has 2 fully saturated rings. The van der Waals surface area contributed by atoms with Crippen molar-refractivity contribution in [3.05, 3.63) is 40.8 Å². The number of nitrogens with two attached hydrogens (primary N) is 1. The van der Waals surface area contributed by atoms with Crippen molar-refractivity contribution in [2.45, 2.75) is 44.8 Å². The number of carbonyl (C=O) groups excluding carboxylic acids is 1. The van der Waals surface area contributed by atoms with E-state index >= 15 is 0 Å². The molecule has 1 amide bonds. The molecule has 2 aliphatic rings.